The summed E-state index contributed by atoms with van der Waals surface area (Å²) in [5.41, 5.74) is 1.35. The lowest BCUT2D eigenvalue weighted by Crippen LogP contribution is -2.38. The Morgan fingerprint density at radius 3 is 2.60 bits per heavy atom. The van der Waals surface area contributed by atoms with Crippen LogP contribution in [-0.2, 0) is 11.2 Å². The summed E-state index contributed by atoms with van der Waals surface area (Å²) in [5.74, 6) is 0.930. The number of ether oxygens (including phenoxy) is 1. The molecule has 0 aromatic heterocycles. The molecule has 2 N–H and O–H groups in total. The van der Waals surface area contributed by atoms with Crippen molar-refractivity contribution in [1.82, 2.24) is 15.5 Å². The SMILES string of the molecule is CCNC(=NCCCCN1CCOCC1)NCCc1ccccc1.I. The number of benzene rings is 1. The second-order valence-electron chi connectivity index (χ2n) is 6.08. The maximum atomic E-state index is 5.37. The lowest BCUT2D eigenvalue weighted by Gasteiger charge is -2.26. The molecule has 0 radical (unpaired) electrons. The standard InChI is InChI=1S/C19H32N4O.HI/c1-2-20-19(22-12-10-18-8-4-3-5-9-18)21-11-6-7-13-23-14-16-24-17-15-23;/h3-5,8-9H,2,6-7,10-17H2,1H3,(H2,20,21,22);1H. The first-order valence-corrected chi connectivity index (χ1v) is 9.24. The average Bonchev–Trinajstić information content (AvgIpc) is 2.63. The monoisotopic (exact) mass is 460 g/mol. The third-order valence-electron chi connectivity index (χ3n) is 4.15. The number of nitrogens with one attached hydrogen (secondary N) is 2. The summed E-state index contributed by atoms with van der Waals surface area (Å²) >= 11 is 0. The molecule has 0 spiro atoms. The van der Waals surface area contributed by atoms with Crippen LogP contribution >= 0.6 is 24.0 Å². The van der Waals surface area contributed by atoms with Gasteiger partial charge in [-0.3, -0.25) is 9.89 Å². The Morgan fingerprint density at radius 2 is 1.88 bits per heavy atom. The van der Waals surface area contributed by atoms with Crippen LogP contribution < -0.4 is 10.6 Å². The van der Waals surface area contributed by atoms with Gasteiger partial charge in [0.15, 0.2) is 5.96 Å². The number of rotatable bonds is 9. The molecule has 6 heteroatoms. The van der Waals surface area contributed by atoms with Crippen molar-refractivity contribution in [3.05, 3.63) is 35.9 Å². The number of guanidine groups is 1. The first-order valence-electron chi connectivity index (χ1n) is 9.24. The molecule has 1 aliphatic heterocycles. The van der Waals surface area contributed by atoms with Crippen molar-refractivity contribution >= 4 is 29.9 Å². The number of unbranched alkanes of at least 4 members (excludes halogenated alkanes) is 1. The van der Waals surface area contributed by atoms with Gasteiger partial charge in [0.2, 0.25) is 0 Å². The molecular weight excluding hydrogens is 427 g/mol. The van der Waals surface area contributed by atoms with Gasteiger partial charge in [0.1, 0.15) is 0 Å². The maximum absolute atomic E-state index is 5.37. The topological polar surface area (TPSA) is 48.9 Å². The zero-order valence-corrected chi connectivity index (χ0v) is 17.7. The lowest BCUT2D eigenvalue weighted by molar-refractivity contribution is 0.0373. The van der Waals surface area contributed by atoms with Gasteiger partial charge in [0.05, 0.1) is 13.2 Å². The lowest BCUT2D eigenvalue weighted by atomic mass is 10.1. The van der Waals surface area contributed by atoms with E-state index >= 15 is 0 Å². The minimum absolute atomic E-state index is 0. The zero-order valence-electron chi connectivity index (χ0n) is 15.4. The molecule has 5 nitrogen and oxygen atoms in total. The molecule has 1 heterocycles. The van der Waals surface area contributed by atoms with Crippen molar-refractivity contribution in [2.24, 2.45) is 4.99 Å². The quantitative estimate of drug-likeness (QED) is 0.258. The highest BCUT2D eigenvalue weighted by atomic mass is 127. The summed E-state index contributed by atoms with van der Waals surface area (Å²) in [6, 6.07) is 10.6. The summed E-state index contributed by atoms with van der Waals surface area (Å²) in [6.45, 7) is 9.87. The van der Waals surface area contributed by atoms with E-state index in [1.807, 2.05) is 0 Å². The molecule has 1 saturated heterocycles. The van der Waals surface area contributed by atoms with Crippen LogP contribution in [0.1, 0.15) is 25.3 Å². The fraction of sp³-hybridized carbons (Fsp3) is 0.632. The highest BCUT2D eigenvalue weighted by molar-refractivity contribution is 14.0. The molecule has 2 rings (SSSR count). The van der Waals surface area contributed by atoms with E-state index in [2.05, 4.69) is 57.8 Å². The molecule has 0 amide bonds. The van der Waals surface area contributed by atoms with Crippen molar-refractivity contribution in [1.29, 1.82) is 0 Å². The average molecular weight is 460 g/mol. The summed E-state index contributed by atoms with van der Waals surface area (Å²) < 4.78 is 5.37. The first-order chi connectivity index (χ1) is 11.9. The highest BCUT2D eigenvalue weighted by Gasteiger charge is 2.08. The number of morpholine rings is 1. The van der Waals surface area contributed by atoms with Gasteiger partial charge < -0.3 is 15.4 Å². The van der Waals surface area contributed by atoms with E-state index in [-0.39, 0.29) is 24.0 Å². The minimum atomic E-state index is 0. The summed E-state index contributed by atoms with van der Waals surface area (Å²) in [5, 5.41) is 6.74. The van der Waals surface area contributed by atoms with E-state index in [0.717, 1.165) is 71.3 Å². The van der Waals surface area contributed by atoms with Crippen LogP contribution in [-0.4, -0.2) is 63.3 Å². The molecule has 25 heavy (non-hydrogen) atoms. The molecule has 142 valence electrons. The van der Waals surface area contributed by atoms with E-state index in [0.29, 0.717) is 0 Å². The van der Waals surface area contributed by atoms with Crippen molar-refractivity contribution in [2.45, 2.75) is 26.2 Å². The van der Waals surface area contributed by atoms with Crippen LogP contribution in [0.3, 0.4) is 0 Å². The van der Waals surface area contributed by atoms with Crippen LogP contribution in [0.5, 0.6) is 0 Å². The number of hydrogen-bond donors (Lipinski definition) is 2. The second kappa shape index (κ2) is 14.3. The maximum Gasteiger partial charge on any atom is 0.191 e. The first kappa shape index (κ1) is 22.2. The fourth-order valence-corrected chi connectivity index (χ4v) is 2.77. The molecule has 1 aliphatic rings. The molecule has 0 saturated carbocycles. The normalized spacial score (nSPS) is 15.5. The Morgan fingerprint density at radius 1 is 1.12 bits per heavy atom. The van der Waals surface area contributed by atoms with E-state index in [1.165, 1.54) is 12.0 Å². The van der Waals surface area contributed by atoms with Crippen LogP contribution in [0, 0.1) is 0 Å². The smallest absolute Gasteiger partial charge is 0.191 e. The predicted octanol–water partition coefficient (Wildman–Crippen LogP) is 2.51. The fourth-order valence-electron chi connectivity index (χ4n) is 2.77. The Balaban J connectivity index is 0.00000312. The Bertz CT molecular complexity index is 464. The molecular formula is C19H33IN4O. The summed E-state index contributed by atoms with van der Waals surface area (Å²) in [7, 11) is 0. The molecule has 0 aliphatic carbocycles. The number of hydrogen-bond acceptors (Lipinski definition) is 3. The molecule has 1 aromatic rings. The third kappa shape index (κ3) is 10.0. The zero-order chi connectivity index (χ0) is 16.9. The number of halogens is 1. The number of aliphatic imine (C=N–C) groups is 1. The molecule has 0 bridgehead atoms. The van der Waals surface area contributed by atoms with Crippen molar-refractivity contribution < 1.29 is 4.74 Å². The largest absolute Gasteiger partial charge is 0.379 e. The Labute approximate surface area is 169 Å². The van der Waals surface area contributed by atoms with Crippen LogP contribution in [0.25, 0.3) is 0 Å². The van der Waals surface area contributed by atoms with Gasteiger partial charge in [0.25, 0.3) is 0 Å². The van der Waals surface area contributed by atoms with Gasteiger partial charge in [-0.15, -0.1) is 24.0 Å². The Kier molecular flexibility index (Phi) is 12.7. The van der Waals surface area contributed by atoms with Crippen molar-refractivity contribution in [3.8, 4) is 0 Å². The van der Waals surface area contributed by atoms with Crippen LogP contribution in [0.2, 0.25) is 0 Å². The van der Waals surface area contributed by atoms with Gasteiger partial charge in [-0.1, -0.05) is 30.3 Å². The minimum Gasteiger partial charge on any atom is -0.379 e. The van der Waals surface area contributed by atoms with Crippen LogP contribution in [0.4, 0.5) is 0 Å². The molecule has 0 atom stereocenters. The van der Waals surface area contributed by atoms with Gasteiger partial charge in [-0.05, 0) is 38.3 Å². The predicted molar refractivity (Wildman–Crippen MR) is 116 cm³/mol. The van der Waals surface area contributed by atoms with E-state index in [1.54, 1.807) is 0 Å². The third-order valence-corrected chi connectivity index (χ3v) is 4.15. The summed E-state index contributed by atoms with van der Waals surface area (Å²) in [6.07, 6.45) is 3.35. The van der Waals surface area contributed by atoms with Crippen molar-refractivity contribution in [2.75, 3.05) is 52.5 Å². The second-order valence-corrected chi connectivity index (χ2v) is 6.08. The van der Waals surface area contributed by atoms with Gasteiger partial charge in [-0.25, -0.2) is 0 Å². The molecule has 1 fully saturated rings. The molecule has 1 aromatic carbocycles. The number of nitrogens with zero attached hydrogens (tertiary/aromatic N) is 2. The summed E-state index contributed by atoms with van der Waals surface area (Å²) in [4.78, 5) is 7.16. The van der Waals surface area contributed by atoms with E-state index < -0.39 is 0 Å². The van der Waals surface area contributed by atoms with Gasteiger partial charge in [-0.2, -0.15) is 0 Å². The van der Waals surface area contributed by atoms with Gasteiger partial charge >= 0.3 is 0 Å². The highest BCUT2D eigenvalue weighted by Crippen LogP contribution is 2.00. The van der Waals surface area contributed by atoms with Crippen LogP contribution in [0.15, 0.2) is 35.3 Å². The van der Waals surface area contributed by atoms with E-state index in [9.17, 15) is 0 Å². The van der Waals surface area contributed by atoms with E-state index in [4.69, 9.17) is 4.74 Å². The van der Waals surface area contributed by atoms with Gasteiger partial charge in [0, 0.05) is 32.7 Å². The Hall–Kier alpha value is -0.860. The molecule has 0 unspecified atom stereocenters. The van der Waals surface area contributed by atoms with Crippen molar-refractivity contribution in [3.63, 3.8) is 0 Å².